The van der Waals surface area contributed by atoms with Crippen LogP contribution in [-0.2, 0) is 4.79 Å². The number of nitrogens with one attached hydrogen (secondary N) is 2. The number of carbonyl (C=O) groups is 2. The molecule has 0 radical (unpaired) electrons. The van der Waals surface area contributed by atoms with E-state index < -0.39 is 0 Å². The summed E-state index contributed by atoms with van der Waals surface area (Å²) >= 11 is 1.37. The quantitative estimate of drug-likeness (QED) is 0.865. The van der Waals surface area contributed by atoms with E-state index in [9.17, 15) is 9.59 Å². The zero-order valence-corrected chi connectivity index (χ0v) is 12.4. The lowest BCUT2D eigenvalue weighted by Gasteiger charge is -2.34. The monoisotopic (exact) mass is 303 g/mol. The molecule has 1 aromatic heterocycles. The Morgan fingerprint density at radius 1 is 1.58 bits per heavy atom. The molecule has 19 heavy (non-hydrogen) atoms. The molecule has 1 fully saturated rings. The number of nitrogens with zero attached hydrogens (tertiary/aromatic N) is 1. The van der Waals surface area contributed by atoms with Gasteiger partial charge in [0, 0.05) is 25.7 Å². The van der Waals surface area contributed by atoms with E-state index in [1.54, 1.807) is 6.07 Å². The number of hydrogen-bond donors (Lipinski definition) is 2. The summed E-state index contributed by atoms with van der Waals surface area (Å²) in [6.07, 6.45) is 0. The first-order valence-electron chi connectivity index (χ1n) is 6.00. The van der Waals surface area contributed by atoms with Crippen LogP contribution in [0.4, 0.5) is 0 Å². The maximum absolute atomic E-state index is 12.0. The summed E-state index contributed by atoms with van der Waals surface area (Å²) in [4.78, 5) is 26.1. The number of hydrogen-bond acceptors (Lipinski definition) is 4. The molecule has 2 heterocycles. The molecule has 0 aliphatic carbocycles. The Morgan fingerprint density at radius 3 is 3.00 bits per heavy atom. The first-order chi connectivity index (χ1) is 8.68. The predicted octanol–water partition coefficient (Wildman–Crippen LogP) is 0.720. The molecule has 1 atom stereocenters. The topological polar surface area (TPSA) is 61.4 Å². The number of carbonyl (C=O) groups excluding carboxylic acids is 2. The molecule has 1 aliphatic heterocycles. The van der Waals surface area contributed by atoms with E-state index >= 15 is 0 Å². The lowest BCUT2D eigenvalue weighted by Crippen LogP contribution is -2.54. The molecule has 5 nitrogen and oxygen atoms in total. The normalized spacial score (nSPS) is 18.6. The molecule has 7 heteroatoms. The first kappa shape index (κ1) is 15.9. The molecule has 0 aromatic carbocycles. The van der Waals surface area contributed by atoms with Crippen LogP contribution < -0.4 is 10.6 Å². The Hall–Kier alpha value is -1.11. The third-order valence-electron chi connectivity index (χ3n) is 2.97. The van der Waals surface area contributed by atoms with Crippen molar-refractivity contribution in [2.75, 3.05) is 26.2 Å². The minimum absolute atomic E-state index is 0. The highest BCUT2D eigenvalue weighted by Gasteiger charge is 2.23. The number of thiophene rings is 1. The summed E-state index contributed by atoms with van der Waals surface area (Å²) in [7, 11) is 0. The number of rotatable bonds is 3. The van der Waals surface area contributed by atoms with Crippen molar-refractivity contribution in [2.45, 2.75) is 13.0 Å². The van der Waals surface area contributed by atoms with E-state index in [2.05, 4.69) is 10.6 Å². The van der Waals surface area contributed by atoms with Crippen molar-refractivity contribution in [3.8, 4) is 0 Å². The minimum atomic E-state index is -0.180. The lowest BCUT2D eigenvalue weighted by molar-refractivity contribution is -0.132. The molecule has 0 unspecified atom stereocenters. The summed E-state index contributed by atoms with van der Waals surface area (Å²) in [6.45, 7) is 4.40. The zero-order valence-electron chi connectivity index (χ0n) is 10.7. The fourth-order valence-electron chi connectivity index (χ4n) is 1.96. The van der Waals surface area contributed by atoms with Crippen molar-refractivity contribution in [1.29, 1.82) is 0 Å². The van der Waals surface area contributed by atoms with Gasteiger partial charge in [-0.1, -0.05) is 6.07 Å². The van der Waals surface area contributed by atoms with Crippen LogP contribution in [0, 0.1) is 0 Å². The van der Waals surface area contributed by atoms with Gasteiger partial charge < -0.3 is 15.5 Å². The molecule has 106 valence electrons. The number of halogens is 1. The van der Waals surface area contributed by atoms with Crippen LogP contribution in [0.15, 0.2) is 17.5 Å². The van der Waals surface area contributed by atoms with Gasteiger partial charge in [-0.25, -0.2) is 0 Å². The highest BCUT2D eigenvalue weighted by atomic mass is 35.5. The average molecular weight is 304 g/mol. The summed E-state index contributed by atoms with van der Waals surface area (Å²) in [5, 5.41) is 7.73. The summed E-state index contributed by atoms with van der Waals surface area (Å²) < 4.78 is 0. The largest absolute Gasteiger partial charge is 0.342 e. The summed E-state index contributed by atoms with van der Waals surface area (Å²) in [5.74, 6) is -0.199. The Kier molecular flexibility index (Phi) is 6.27. The van der Waals surface area contributed by atoms with Crippen LogP contribution in [0.1, 0.15) is 16.6 Å². The van der Waals surface area contributed by atoms with E-state index in [1.807, 2.05) is 23.3 Å². The minimum Gasteiger partial charge on any atom is -0.342 e. The molecule has 0 spiro atoms. The second-order valence-corrected chi connectivity index (χ2v) is 5.25. The van der Waals surface area contributed by atoms with Crippen molar-refractivity contribution in [3.05, 3.63) is 22.4 Å². The van der Waals surface area contributed by atoms with Crippen molar-refractivity contribution < 1.29 is 9.59 Å². The van der Waals surface area contributed by atoms with Crippen LogP contribution in [0.2, 0.25) is 0 Å². The van der Waals surface area contributed by atoms with Gasteiger partial charge in [-0.3, -0.25) is 9.59 Å². The van der Waals surface area contributed by atoms with Crippen molar-refractivity contribution in [1.82, 2.24) is 15.5 Å². The third-order valence-corrected chi connectivity index (χ3v) is 3.84. The van der Waals surface area contributed by atoms with E-state index in [1.165, 1.54) is 11.3 Å². The molecule has 2 amide bonds. The van der Waals surface area contributed by atoms with Gasteiger partial charge in [0.05, 0.1) is 11.4 Å². The number of amides is 2. The van der Waals surface area contributed by atoms with Crippen LogP contribution in [0.5, 0.6) is 0 Å². The molecule has 2 rings (SSSR count). The Balaban J connectivity index is 0.00000180. The van der Waals surface area contributed by atoms with Gasteiger partial charge in [0.2, 0.25) is 5.91 Å². The van der Waals surface area contributed by atoms with E-state index in [0.717, 1.165) is 13.1 Å². The molecular weight excluding hydrogens is 286 g/mol. The smallest absolute Gasteiger partial charge is 0.261 e. The fourth-order valence-corrected chi connectivity index (χ4v) is 2.60. The van der Waals surface area contributed by atoms with Crippen molar-refractivity contribution in [3.63, 3.8) is 0 Å². The van der Waals surface area contributed by atoms with Crippen LogP contribution in [0.3, 0.4) is 0 Å². The van der Waals surface area contributed by atoms with Gasteiger partial charge in [-0.15, -0.1) is 23.7 Å². The number of piperazine rings is 1. The highest BCUT2D eigenvalue weighted by molar-refractivity contribution is 7.12. The SMILES string of the molecule is C[C@@H]1CNCCN1C(=O)CNC(=O)c1cccs1.Cl. The molecule has 1 saturated heterocycles. The predicted molar refractivity (Wildman–Crippen MR) is 77.9 cm³/mol. The lowest BCUT2D eigenvalue weighted by atomic mass is 10.2. The van der Waals surface area contributed by atoms with Gasteiger partial charge >= 0.3 is 0 Å². The second kappa shape index (κ2) is 7.47. The van der Waals surface area contributed by atoms with Gasteiger partial charge in [0.25, 0.3) is 5.91 Å². The highest BCUT2D eigenvalue weighted by Crippen LogP contribution is 2.08. The molecule has 1 aromatic rings. The zero-order chi connectivity index (χ0) is 13.0. The molecule has 1 aliphatic rings. The third kappa shape index (κ3) is 4.19. The Bertz CT molecular complexity index is 425. The first-order valence-corrected chi connectivity index (χ1v) is 6.88. The van der Waals surface area contributed by atoms with E-state index in [0.29, 0.717) is 11.4 Å². The van der Waals surface area contributed by atoms with Gasteiger partial charge in [0.1, 0.15) is 0 Å². The maximum Gasteiger partial charge on any atom is 0.261 e. The second-order valence-electron chi connectivity index (χ2n) is 4.30. The molecule has 2 N–H and O–H groups in total. The van der Waals surface area contributed by atoms with E-state index in [-0.39, 0.29) is 36.8 Å². The van der Waals surface area contributed by atoms with Crippen molar-refractivity contribution in [2.24, 2.45) is 0 Å². The van der Waals surface area contributed by atoms with Crippen LogP contribution >= 0.6 is 23.7 Å². The standard InChI is InChI=1S/C12H17N3O2S.ClH/c1-9-7-13-4-5-15(9)11(16)8-14-12(17)10-3-2-6-18-10;/h2-3,6,9,13H,4-5,7-8H2,1H3,(H,14,17);1H/t9-;/m1./s1. The average Bonchev–Trinajstić information content (AvgIpc) is 2.90. The Labute approximate surface area is 122 Å². The fraction of sp³-hybridized carbons (Fsp3) is 0.500. The summed E-state index contributed by atoms with van der Waals surface area (Å²) in [5.41, 5.74) is 0. The van der Waals surface area contributed by atoms with Gasteiger partial charge in [0.15, 0.2) is 0 Å². The summed E-state index contributed by atoms with van der Waals surface area (Å²) in [6, 6.07) is 3.75. The molecule has 0 bridgehead atoms. The van der Waals surface area contributed by atoms with Crippen LogP contribution in [0.25, 0.3) is 0 Å². The Morgan fingerprint density at radius 2 is 2.37 bits per heavy atom. The maximum atomic E-state index is 12.0. The molecular formula is C12H18ClN3O2S. The van der Waals surface area contributed by atoms with E-state index in [4.69, 9.17) is 0 Å². The van der Waals surface area contributed by atoms with Gasteiger partial charge in [-0.05, 0) is 18.4 Å². The molecule has 0 saturated carbocycles. The van der Waals surface area contributed by atoms with Crippen LogP contribution in [-0.4, -0.2) is 48.9 Å². The van der Waals surface area contributed by atoms with Gasteiger partial charge in [-0.2, -0.15) is 0 Å². The van der Waals surface area contributed by atoms with Crippen molar-refractivity contribution >= 4 is 35.6 Å².